The molecule has 1 aromatic heterocycles. The van der Waals surface area contributed by atoms with E-state index in [0.717, 1.165) is 24.5 Å². The van der Waals surface area contributed by atoms with Crippen LogP contribution in [0.1, 0.15) is 17.8 Å². The highest BCUT2D eigenvalue weighted by atomic mass is 32.1. The van der Waals surface area contributed by atoms with Crippen LogP contribution >= 0.6 is 11.3 Å². The van der Waals surface area contributed by atoms with E-state index in [9.17, 15) is 4.79 Å². The Morgan fingerprint density at radius 3 is 3.00 bits per heavy atom. The summed E-state index contributed by atoms with van der Waals surface area (Å²) in [5.41, 5.74) is 0. The second kappa shape index (κ2) is 6.21. The van der Waals surface area contributed by atoms with Crippen molar-refractivity contribution in [3.8, 4) is 0 Å². The fraction of sp³-hybridized carbons (Fsp3) is 0.727. The van der Waals surface area contributed by atoms with Gasteiger partial charge in [0.2, 0.25) is 5.13 Å². The van der Waals surface area contributed by atoms with E-state index < -0.39 is 0 Å². The van der Waals surface area contributed by atoms with Gasteiger partial charge in [-0.1, -0.05) is 11.3 Å². The van der Waals surface area contributed by atoms with Crippen molar-refractivity contribution in [3.63, 3.8) is 0 Å². The molecule has 2 heterocycles. The molecule has 1 aliphatic rings. The molecule has 1 fully saturated rings. The molecule has 1 amide bonds. The second-order valence-corrected chi connectivity index (χ2v) is 5.34. The van der Waals surface area contributed by atoms with Gasteiger partial charge >= 0.3 is 0 Å². The molecular formula is C11H17N3O3S. The lowest BCUT2D eigenvalue weighted by Gasteiger charge is -2.22. The lowest BCUT2D eigenvalue weighted by atomic mass is 10.2. The number of rotatable bonds is 5. The van der Waals surface area contributed by atoms with Crippen LogP contribution in [0.3, 0.4) is 0 Å². The summed E-state index contributed by atoms with van der Waals surface area (Å²) in [6.45, 7) is 3.21. The smallest absolute Gasteiger partial charge is 0.254 e. The van der Waals surface area contributed by atoms with Crippen molar-refractivity contribution < 1.29 is 14.3 Å². The SMILES string of the molecule is COCC(=O)N(CC1CCCO1)c1nnc(C)s1. The van der Waals surface area contributed by atoms with Gasteiger partial charge in [-0.25, -0.2) is 0 Å². The van der Waals surface area contributed by atoms with Gasteiger partial charge in [0.1, 0.15) is 11.6 Å². The number of aryl methyl sites for hydroxylation is 1. The Hall–Kier alpha value is -1.05. The molecule has 0 N–H and O–H groups in total. The minimum Gasteiger partial charge on any atom is -0.376 e. The maximum Gasteiger partial charge on any atom is 0.254 e. The van der Waals surface area contributed by atoms with Gasteiger partial charge in [0, 0.05) is 13.7 Å². The Kier molecular flexibility index (Phi) is 4.62. The summed E-state index contributed by atoms with van der Waals surface area (Å²) in [7, 11) is 1.51. The van der Waals surface area contributed by atoms with E-state index >= 15 is 0 Å². The van der Waals surface area contributed by atoms with Gasteiger partial charge in [-0.15, -0.1) is 10.2 Å². The van der Waals surface area contributed by atoms with E-state index in [0.29, 0.717) is 11.7 Å². The normalized spacial score (nSPS) is 19.1. The number of nitrogens with zero attached hydrogens (tertiary/aromatic N) is 3. The molecule has 0 bridgehead atoms. The number of amides is 1. The Bertz CT molecular complexity index is 404. The van der Waals surface area contributed by atoms with Gasteiger partial charge in [0.05, 0.1) is 12.6 Å². The van der Waals surface area contributed by atoms with Gasteiger partial charge in [-0.05, 0) is 19.8 Å². The number of anilines is 1. The highest BCUT2D eigenvalue weighted by Gasteiger charge is 2.25. The molecule has 0 saturated carbocycles. The molecule has 0 radical (unpaired) electrons. The van der Waals surface area contributed by atoms with Crippen molar-refractivity contribution in [2.75, 3.05) is 31.8 Å². The monoisotopic (exact) mass is 271 g/mol. The zero-order valence-corrected chi connectivity index (χ0v) is 11.4. The van der Waals surface area contributed by atoms with Crippen molar-refractivity contribution in [1.82, 2.24) is 10.2 Å². The molecule has 100 valence electrons. The molecule has 7 heteroatoms. The molecule has 0 aliphatic carbocycles. The van der Waals surface area contributed by atoms with Gasteiger partial charge in [-0.3, -0.25) is 9.69 Å². The van der Waals surface area contributed by atoms with E-state index in [1.165, 1.54) is 18.4 Å². The topological polar surface area (TPSA) is 64.5 Å². The maximum atomic E-state index is 12.0. The average molecular weight is 271 g/mol. The lowest BCUT2D eigenvalue weighted by Crippen LogP contribution is -2.39. The van der Waals surface area contributed by atoms with Crippen LogP contribution in [0.5, 0.6) is 0 Å². The fourth-order valence-electron chi connectivity index (χ4n) is 1.88. The van der Waals surface area contributed by atoms with Crippen molar-refractivity contribution in [1.29, 1.82) is 0 Å². The first kappa shape index (κ1) is 13.4. The lowest BCUT2D eigenvalue weighted by molar-refractivity contribution is -0.122. The molecule has 1 unspecified atom stereocenters. The molecule has 1 aliphatic heterocycles. The quantitative estimate of drug-likeness (QED) is 0.799. The number of hydrogen-bond donors (Lipinski definition) is 0. The van der Waals surface area contributed by atoms with Crippen LogP contribution in [0.4, 0.5) is 5.13 Å². The molecular weight excluding hydrogens is 254 g/mol. The Morgan fingerprint density at radius 2 is 2.44 bits per heavy atom. The third kappa shape index (κ3) is 3.24. The third-order valence-corrected chi connectivity index (χ3v) is 3.59. The summed E-state index contributed by atoms with van der Waals surface area (Å²) < 4.78 is 10.5. The summed E-state index contributed by atoms with van der Waals surface area (Å²) in [6, 6.07) is 0. The Labute approximate surface area is 110 Å². The molecule has 0 spiro atoms. The van der Waals surface area contributed by atoms with Gasteiger partial charge in [0.25, 0.3) is 5.91 Å². The van der Waals surface area contributed by atoms with E-state index in [4.69, 9.17) is 9.47 Å². The average Bonchev–Trinajstić information content (AvgIpc) is 2.97. The Morgan fingerprint density at radius 1 is 1.61 bits per heavy atom. The summed E-state index contributed by atoms with van der Waals surface area (Å²) in [5.74, 6) is -0.107. The standard InChI is InChI=1S/C11H17N3O3S/c1-8-12-13-11(18-8)14(10(15)7-16-2)6-9-4-3-5-17-9/h9H,3-7H2,1-2H3. The van der Waals surface area contributed by atoms with E-state index in [1.54, 1.807) is 4.90 Å². The number of methoxy groups -OCH3 is 1. The largest absolute Gasteiger partial charge is 0.376 e. The number of carbonyl (C=O) groups excluding carboxylic acids is 1. The maximum absolute atomic E-state index is 12.0. The highest BCUT2D eigenvalue weighted by Crippen LogP contribution is 2.22. The van der Waals surface area contributed by atoms with E-state index in [2.05, 4.69) is 10.2 Å². The van der Waals surface area contributed by atoms with E-state index in [-0.39, 0.29) is 18.6 Å². The number of carbonyl (C=O) groups is 1. The first-order valence-corrected chi connectivity index (χ1v) is 6.73. The zero-order chi connectivity index (χ0) is 13.0. The molecule has 1 aromatic rings. The van der Waals surface area contributed by atoms with Crippen LogP contribution in [0.2, 0.25) is 0 Å². The summed E-state index contributed by atoms with van der Waals surface area (Å²) in [6.07, 6.45) is 2.12. The molecule has 1 atom stereocenters. The second-order valence-electron chi connectivity index (χ2n) is 4.18. The third-order valence-electron chi connectivity index (χ3n) is 2.73. The predicted octanol–water partition coefficient (Wildman–Crippen LogP) is 1.00. The van der Waals surface area contributed by atoms with Crippen LogP contribution < -0.4 is 4.90 Å². The molecule has 6 nitrogen and oxygen atoms in total. The summed E-state index contributed by atoms with van der Waals surface area (Å²) in [4.78, 5) is 13.6. The van der Waals surface area contributed by atoms with Gasteiger partial charge < -0.3 is 9.47 Å². The Balaban J connectivity index is 2.08. The summed E-state index contributed by atoms with van der Waals surface area (Å²) in [5, 5.41) is 9.43. The number of hydrogen-bond acceptors (Lipinski definition) is 6. The van der Waals surface area contributed by atoms with Crippen molar-refractivity contribution in [2.24, 2.45) is 0 Å². The van der Waals surface area contributed by atoms with Crippen LogP contribution in [-0.2, 0) is 14.3 Å². The first-order valence-electron chi connectivity index (χ1n) is 5.91. The van der Waals surface area contributed by atoms with Crippen molar-refractivity contribution in [2.45, 2.75) is 25.9 Å². The highest BCUT2D eigenvalue weighted by molar-refractivity contribution is 7.15. The van der Waals surface area contributed by atoms with Crippen LogP contribution in [0.15, 0.2) is 0 Å². The predicted molar refractivity (Wildman–Crippen MR) is 67.8 cm³/mol. The van der Waals surface area contributed by atoms with Crippen LogP contribution in [0, 0.1) is 6.92 Å². The van der Waals surface area contributed by atoms with Crippen molar-refractivity contribution in [3.05, 3.63) is 5.01 Å². The van der Waals surface area contributed by atoms with Crippen LogP contribution in [-0.4, -0.2) is 49.1 Å². The first-order chi connectivity index (χ1) is 8.70. The molecule has 1 saturated heterocycles. The molecule has 18 heavy (non-hydrogen) atoms. The van der Waals surface area contributed by atoms with Gasteiger partial charge in [0.15, 0.2) is 0 Å². The molecule has 0 aromatic carbocycles. The summed E-state index contributed by atoms with van der Waals surface area (Å²) >= 11 is 1.41. The minimum absolute atomic E-state index is 0.0470. The number of aromatic nitrogens is 2. The zero-order valence-electron chi connectivity index (χ0n) is 10.6. The molecule has 2 rings (SSSR count). The van der Waals surface area contributed by atoms with Crippen molar-refractivity contribution >= 4 is 22.4 Å². The van der Waals surface area contributed by atoms with E-state index in [1.807, 2.05) is 6.92 Å². The fourth-order valence-corrected chi connectivity index (χ4v) is 2.59. The van der Waals surface area contributed by atoms with Crippen LogP contribution in [0.25, 0.3) is 0 Å². The number of ether oxygens (including phenoxy) is 2. The van der Waals surface area contributed by atoms with Gasteiger partial charge in [-0.2, -0.15) is 0 Å². The minimum atomic E-state index is -0.107.